The van der Waals surface area contributed by atoms with Gasteiger partial charge in [0.2, 0.25) is 0 Å². The maximum Gasteiger partial charge on any atom is 0.417 e. The maximum absolute atomic E-state index is 13.5. The highest BCUT2D eigenvalue weighted by Crippen LogP contribution is 2.38. The molecule has 0 atom stereocenters. The summed E-state index contributed by atoms with van der Waals surface area (Å²) in [6.07, 6.45) is -3.61. The van der Waals surface area contributed by atoms with Gasteiger partial charge in [0.1, 0.15) is 18.0 Å². The predicted molar refractivity (Wildman–Crippen MR) is 167 cm³/mol. The van der Waals surface area contributed by atoms with E-state index in [1.54, 1.807) is 54.6 Å². The first-order chi connectivity index (χ1) is 21.9. The lowest BCUT2D eigenvalue weighted by Gasteiger charge is -2.24. The Hall–Kier alpha value is -5.08. The summed E-state index contributed by atoms with van der Waals surface area (Å²) in [5.41, 5.74) is 1.49. The lowest BCUT2D eigenvalue weighted by Crippen LogP contribution is -2.39. The molecule has 2 amide bonds. The van der Waals surface area contributed by atoms with Gasteiger partial charge in [-0.05, 0) is 72.3 Å². The van der Waals surface area contributed by atoms with Crippen LogP contribution in [0.3, 0.4) is 0 Å². The number of anilines is 2. The molecular formula is C31H26ClF3N4O6S. The molecule has 4 aromatic carbocycles. The number of ether oxygens (including phenoxy) is 2. The van der Waals surface area contributed by atoms with E-state index in [1.807, 2.05) is 0 Å². The molecule has 0 spiro atoms. The second-order valence-electron chi connectivity index (χ2n) is 9.39. The first-order valence-corrected chi connectivity index (χ1v) is 15.1. The van der Waals surface area contributed by atoms with Crippen molar-refractivity contribution in [1.29, 1.82) is 0 Å². The Morgan fingerprint density at radius 2 is 1.61 bits per heavy atom. The third kappa shape index (κ3) is 8.76. The second kappa shape index (κ2) is 14.8. The number of carbonyl (C=O) groups excluding carboxylic acids is 2. The van der Waals surface area contributed by atoms with Crippen LogP contribution in [0.25, 0.3) is 0 Å². The minimum atomic E-state index is -4.87. The predicted octanol–water partition coefficient (Wildman–Crippen LogP) is 5.73. The number of nitrogens with one attached hydrogen (secondary N) is 2. The van der Waals surface area contributed by atoms with Crippen molar-refractivity contribution < 1.29 is 40.7 Å². The molecule has 0 unspecified atom stereocenters. The average Bonchev–Trinajstić information content (AvgIpc) is 3.03. The fourth-order valence-electron chi connectivity index (χ4n) is 4.00. The Morgan fingerprint density at radius 1 is 0.935 bits per heavy atom. The number of rotatable bonds is 12. The molecule has 0 heterocycles. The summed E-state index contributed by atoms with van der Waals surface area (Å²) in [7, 11) is -2.99. The van der Waals surface area contributed by atoms with E-state index in [2.05, 4.69) is 15.8 Å². The lowest BCUT2D eigenvalue weighted by atomic mass is 10.2. The zero-order valence-corrected chi connectivity index (χ0v) is 25.6. The molecule has 4 aromatic rings. The fraction of sp³-hybridized carbons (Fsp3) is 0.129. The van der Waals surface area contributed by atoms with Crippen molar-refractivity contribution in [3.05, 3.63) is 113 Å². The zero-order chi connectivity index (χ0) is 33.3. The standard InChI is InChI=1S/C31H26ClF3N4O6S/c1-44-28-10-6-5-9-27(28)37-30(41)20-45-23-14-11-21(12-15-23)18-36-38-29(40)19-39(46(42,43)24-7-3-2-4-8-24)22-13-16-26(32)25(17-22)31(33,34)35/h2-18H,19-20H2,1H3,(H,37,41)(H,38,40)/b36-18-. The highest BCUT2D eigenvalue weighted by atomic mass is 35.5. The van der Waals surface area contributed by atoms with E-state index in [4.69, 9.17) is 21.1 Å². The smallest absolute Gasteiger partial charge is 0.417 e. The lowest BCUT2D eigenvalue weighted by molar-refractivity contribution is -0.137. The molecule has 2 N–H and O–H groups in total. The van der Waals surface area contributed by atoms with Gasteiger partial charge in [0, 0.05) is 0 Å². The molecule has 0 aliphatic heterocycles. The molecule has 0 radical (unpaired) electrons. The number of carbonyl (C=O) groups is 2. The van der Waals surface area contributed by atoms with Gasteiger partial charge in [0.25, 0.3) is 21.8 Å². The second-order valence-corrected chi connectivity index (χ2v) is 11.7. The minimum absolute atomic E-state index is 0.241. The summed E-state index contributed by atoms with van der Waals surface area (Å²) in [5, 5.41) is 5.88. The number of sulfonamides is 1. The molecule has 10 nitrogen and oxygen atoms in total. The van der Waals surface area contributed by atoms with E-state index in [-0.39, 0.29) is 11.5 Å². The Morgan fingerprint density at radius 3 is 2.28 bits per heavy atom. The van der Waals surface area contributed by atoms with Crippen LogP contribution in [0, 0.1) is 0 Å². The van der Waals surface area contributed by atoms with Crippen molar-refractivity contribution in [2.24, 2.45) is 5.10 Å². The Bertz CT molecular complexity index is 1820. The number of benzene rings is 4. The molecular weight excluding hydrogens is 649 g/mol. The maximum atomic E-state index is 13.5. The molecule has 0 saturated carbocycles. The fourth-order valence-corrected chi connectivity index (χ4v) is 5.66. The monoisotopic (exact) mass is 674 g/mol. The van der Waals surface area contributed by atoms with E-state index < -0.39 is 50.8 Å². The highest BCUT2D eigenvalue weighted by molar-refractivity contribution is 7.92. The van der Waals surface area contributed by atoms with Gasteiger partial charge in [0.15, 0.2) is 6.61 Å². The van der Waals surface area contributed by atoms with E-state index >= 15 is 0 Å². The quantitative estimate of drug-likeness (QED) is 0.146. The number of hydrazone groups is 1. The van der Waals surface area contributed by atoms with Crippen LogP contribution in [0.15, 0.2) is 107 Å². The zero-order valence-electron chi connectivity index (χ0n) is 24.0. The third-order valence-electron chi connectivity index (χ3n) is 6.20. The first-order valence-electron chi connectivity index (χ1n) is 13.3. The van der Waals surface area contributed by atoms with Gasteiger partial charge in [-0.15, -0.1) is 0 Å². The van der Waals surface area contributed by atoms with E-state index in [0.29, 0.717) is 33.1 Å². The number of methoxy groups -OCH3 is 1. The van der Waals surface area contributed by atoms with Crippen LogP contribution < -0.4 is 24.5 Å². The molecule has 0 aliphatic rings. The van der Waals surface area contributed by atoms with Crippen LogP contribution in [0.2, 0.25) is 5.02 Å². The molecule has 0 aliphatic carbocycles. The van der Waals surface area contributed by atoms with Gasteiger partial charge in [-0.3, -0.25) is 13.9 Å². The summed E-state index contributed by atoms with van der Waals surface area (Å²) in [6.45, 7) is -1.17. The van der Waals surface area contributed by atoms with Gasteiger partial charge in [-0.2, -0.15) is 18.3 Å². The Balaban J connectivity index is 1.40. The summed E-state index contributed by atoms with van der Waals surface area (Å²) >= 11 is 5.71. The SMILES string of the molecule is COc1ccccc1NC(=O)COc1ccc(/C=N\NC(=O)CN(c2ccc(Cl)c(C(F)(F)F)c2)S(=O)(=O)c2ccccc2)cc1. The normalized spacial score (nSPS) is 11.6. The number of alkyl halides is 3. The summed E-state index contributed by atoms with van der Waals surface area (Å²) in [6, 6.07) is 22.7. The number of para-hydroxylation sites is 2. The Labute approximate surface area is 267 Å². The summed E-state index contributed by atoms with van der Waals surface area (Å²) in [5.74, 6) is -0.466. The van der Waals surface area contributed by atoms with Crippen LogP contribution >= 0.6 is 11.6 Å². The number of hydrogen-bond acceptors (Lipinski definition) is 7. The van der Waals surface area contributed by atoms with Crippen LogP contribution in [0.5, 0.6) is 11.5 Å². The number of hydrogen-bond donors (Lipinski definition) is 2. The number of halogens is 4. The number of amides is 2. The van der Waals surface area contributed by atoms with Gasteiger partial charge in [0.05, 0.1) is 40.2 Å². The van der Waals surface area contributed by atoms with Crippen LogP contribution in [0.1, 0.15) is 11.1 Å². The molecule has 0 aromatic heterocycles. The van der Waals surface area contributed by atoms with E-state index in [0.717, 1.165) is 12.1 Å². The average molecular weight is 675 g/mol. The molecule has 46 heavy (non-hydrogen) atoms. The Kier molecular flexibility index (Phi) is 10.9. The van der Waals surface area contributed by atoms with E-state index in [9.17, 15) is 31.2 Å². The largest absolute Gasteiger partial charge is 0.495 e. The van der Waals surface area contributed by atoms with E-state index in [1.165, 1.54) is 37.6 Å². The van der Waals surface area contributed by atoms with Crippen LogP contribution in [-0.4, -0.2) is 46.7 Å². The molecule has 0 fully saturated rings. The van der Waals surface area contributed by atoms with Gasteiger partial charge in [-0.1, -0.05) is 41.9 Å². The van der Waals surface area contributed by atoms with Crippen molar-refractivity contribution in [3.63, 3.8) is 0 Å². The summed E-state index contributed by atoms with van der Waals surface area (Å²) in [4.78, 5) is 24.8. The van der Waals surface area contributed by atoms with Crippen molar-refractivity contribution in [1.82, 2.24) is 5.43 Å². The third-order valence-corrected chi connectivity index (χ3v) is 8.31. The van der Waals surface area contributed by atoms with Crippen molar-refractivity contribution >= 4 is 51.0 Å². The topological polar surface area (TPSA) is 126 Å². The van der Waals surface area contributed by atoms with Gasteiger partial charge < -0.3 is 14.8 Å². The van der Waals surface area contributed by atoms with Crippen molar-refractivity contribution in [2.75, 3.05) is 29.9 Å². The van der Waals surface area contributed by atoms with Crippen molar-refractivity contribution in [2.45, 2.75) is 11.1 Å². The van der Waals surface area contributed by atoms with Gasteiger partial charge in [-0.25, -0.2) is 13.8 Å². The highest BCUT2D eigenvalue weighted by Gasteiger charge is 2.35. The first kappa shape index (κ1) is 33.8. The molecule has 4 rings (SSSR count). The van der Waals surface area contributed by atoms with Crippen molar-refractivity contribution in [3.8, 4) is 11.5 Å². The minimum Gasteiger partial charge on any atom is -0.495 e. The molecule has 0 bridgehead atoms. The van der Waals surface area contributed by atoms with Crippen LogP contribution in [0.4, 0.5) is 24.5 Å². The van der Waals surface area contributed by atoms with Gasteiger partial charge >= 0.3 is 6.18 Å². The molecule has 15 heteroatoms. The molecule has 240 valence electrons. The van der Waals surface area contributed by atoms with Crippen LogP contribution in [-0.2, 0) is 25.8 Å². The molecule has 0 saturated heterocycles. The number of nitrogens with zero attached hydrogens (tertiary/aromatic N) is 2. The summed E-state index contributed by atoms with van der Waals surface area (Å²) < 4.78 is 78.6.